The molecule has 0 bridgehead atoms. The number of carbonyl (C=O) groups excluding carboxylic acids is 4. The van der Waals surface area contributed by atoms with E-state index in [4.69, 9.17) is 5.11 Å². The maximum absolute atomic E-state index is 12.5. The van der Waals surface area contributed by atoms with Crippen LogP contribution < -0.4 is 10.6 Å². The number of ketones is 2. The fraction of sp³-hybridized carbons (Fsp3) is 0.795. The van der Waals surface area contributed by atoms with Gasteiger partial charge in [0.1, 0.15) is 23.7 Å². The van der Waals surface area contributed by atoms with E-state index < -0.39 is 59.5 Å². The molecule has 6 N–H and O–H groups in total. The lowest BCUT2D eigenvalue weighted by atomic mass is 9.92. The number of unbranched alkanes of at least 4 members (excludes halogenated alkanes) is 15. The Morgan fingerprint density at radius 3 is 1.19 bits per heavy atom. The molecule has 53 heavy (non-hydrogen) atoms. The van der Waals surface area contributed by atoms with Gasteiger partial charge in [-0.15, -0.1) is 0 Å². The summed E-state index contributed by atoms with van der Waals surface area (Å²) in [5.41, 5.74) is 0. The Balaban J connectivity index is 4.21. The van der Waals surface area contributed by atoms with Gasteiger partial charge in [-0.3, -0.25) is 28.8 Å². The number of amides is 2. The van der Waals surface area contributed by atoms with Crippen LogP contribution in [-0.2, 0) is 38.4 Å². The second-order valence-electron chi connectivity index (χ2n) is 14.5. The summed E-state index contributed by atoms with van der Waals surface area (Å²) in [6.07, 6.45) is 16.1. The Labute approximate surface area is 314 Å². The Hall–Kier alpha value is -3.84. The number of carbonyl (C=O) groups is 8. The Bertz CT molecular complexity index is 1140. The van der Waals surface area contributed by atoms with E-state index in [1.165, 1.54) is 51.4 Å². The topological polar surface area (TPSA) is 242 Å². The van der Waals surface area contributed by atoms with Gasteiger partial charge >= 0.3 is 23.9 Å². The number of nitrogens with one attached hydrogen (secondary N) is 2. The maximum atomic E-state index is 12.5. The first-order valence-electron chi connectivity index (χ1n) is 19.7. The predicted molar refractivity (Wildman–Crippen MR) is 198 cm³/mol. The van der Waals surface area contributed by atoms with Gasteiger partial charge in [-0.2, -0.15) is 0 Å². The minimum absolute atomic E-state index is 0.0103. The van der Waals surface area contributed by atoms with Crippen LogP contribution in [0.25, 0.3) is 0 Å². The zero-order chi connectivity index (χ0) is 40.0. The number of carboxylic acid groups (broad SMARTS) is 4. The second kappa shape index (κ2) is 30.6. The molecule has 0 saturated heterocycles. The van der Waals surface area contributed by atoms with Crippen molar-refractivity contribution in [3.05, 3.63) is 0 Å². The zero-order valence-electron chi connectivity index (χ0n) is 32.0. The fourth-order valence-corrected chi connectivity index (χ4v) is 5.96. The van der Waals surface area contributed by atoms with Crippen LogP contribution in [0, 0.1) is 11.8 Å². The summed E-state index contributed by atoms with van der Waals surface area (Å²) in [6, 6.07) is -2.78. The summed E-state index contributed by atoms with van der Waals surface area (Å²) in [6.45, 7) is 3.39. The number of hydrogen-bond donors (Lipinski definition) is 6. The van der Waals surface area contributed by atoms with Gasteiger partial charge in [-0.25, -0.2) is 9.59 Å². The molecule has 0 unspecified atom stereocenters. The van der Waals surface area contributed by atoms with E-state index in [9.17, 15) is 53.7 Å². The molecule has 2 amide bonds. The van der Waals surface area contributed by atoms with Gasteiger partial charge in [0.05, 0.1) is 5.92 Å². The highest BCUT2D eigenvalue weighted by Crippen LogP contribution is 2.18. The first-order chi connectivity index (χ1) is 25.1. The van der Waals surface area contributed by atoms with Crippen molar-refractivity contribution in [2.45, 2.75) is 186 Å². The minimum Gasteiger partial charge on any atom is -0.481 e. The molecule has 304 valence electrons. The van der Waals surface area contributed by atoms with E-state index in [1.54, 1.807) is 13.8 Å². The van der Waals surface area contributed by atoms with E-state index in [0.29, 0.717) is 6.42 Å². The smallest absolute Gasteiger partial charge is 0.326 e. The molecule has 0 aromatic heterocycles. The predicted octanol–water partition coefficient (Wildman–Crippen LogP) is 6.46. The highest BCUT2D eigenvalue weighted by Gasteiger charge is 2.27. The third-order valence-electron chi connectivity index (χ3n) is 9.39. The molecule has 0 heterocycles. The Morgan fingerprint density at radius 2 is 0.811 bits per heavy atom. The first kappa shape index (κ1) is 49.2. The largest absolute Gasteiger partial charge is 0.481 e. The van der Waals surface area contributed by atoms with E-state index in [1.807, 2.05) is 0 Å². The molecule has 0 saturated carbocycles. The molecule has 0 aromatic carbocycles. The van der Waals surface area contributed by atoms with Crippen LogP contribution in [0.1, 0.15) is 174 Å². The van der Waals surface area contributed by atoms with Crippen LogP contribution in [0.2, 0.25) is 0 Å². The molecule has 0 aliphatic carbocycles. The quantitative estimate of drug-likeness (QED) is 0.0378. The number of Topliss-reactive ketones (excluding diaryl/α,β-unsaturated/α-hetero) is 2. The molecular weight excluding hydrogens is 688 g/mol. The fourth-order valence-electron chi connectivity index (χ4n) is 5.96. The highest BCUT2D eigenvalue weighted by atomic mass is 16.4. The summed E-state index contributed by atoms with van der Waals surface area (Å²) in [5.74, 6) is -7.86. The molecule has 14 heteroatoms. The summed E-state index contributed by atoms with van der Waals surface area (Å²) in [5, 5.41) is 41.8. The number of aliphatic carboxylic acids is 4. The molecule has 14 nitrogen and oxygen atoms in total. The van der Waals surface area contributed by atoms with Crippen molar-refractivity contribution < 1.29 is 58.8 Å². The van der Waals surface area contributed by atoms with Crippen LogP contribution in [0.5, 0.6) is 0 Å². The van der Waals surface area contributed by atoms with Crippen LogP contribution >= 0.6 is 0 Å². The zero-order valence-corrected chi connectivity index (χ0v) is 32.0. The third-order valence-corrected chi connectivity index (χ3v) is 9.39. The van der Waals surface area contributed by atoms with Gasteiger partial charge in [0.15, 0.2) is 0 Å². The third kappa shape index (κ3) is 28.4. The Kier molecular flexibility index (Phi) is 28.4. The average Bonchev–Trinajstić information content (AvgIpc) is 3.08. The van der Waals surface area contributed by atoms with Gasteiger partial charge in [0, 0.05) is 44.4 Å². The first-order valence-corrected chi connectivity index (χ1v) is 19.7. The normalized spacial score (nSPS) is 12.8. The van der Waals surface area contributed by atoms with Crippen molar-refractivity contribution in [1.82, 2.24) is 10.6 Å². The molecule has 0 fully saturated rings. The van der Waals surface area contributed by atoms with E-state index in [-0.39, 0.29) is 69.5 Å². The second-order valence-corrected chi connectivity index (χ2v) is 14.5. The molecule has 0 spiro atoms. The number of hydrogen-bond acceptors (Lipinski definition) is 8. The molecule has 0 aliphatic heterocycles. The van der Waals surface area contributed by atoms with Crippen molar-refractivity contribution in [2.24, 2.45) is 11.8 Å². The average molecular weight is 755 g/mol. The molecule has 0 aliphatic rings. The van der Waals surface area contributed by atoms with Crippen LogP contribution in [0.3, 0.4) is 0 Å². The van der Waals surface area contributed by atoms with Gasteiger partial charge in [-0.05, 0) is 32.1 Å². The number of rotatable bonds is 36. The lowest BCUT2D eigenvalue weighted by molar-refractivity contribution is -0.145. The van der Waals surface area contributed by atoms with Crippen LogP contribution in [0.4, 0.5) is 0 Å². The van der Waals surface area contributed by atoms with Crippen molar-refractivity contribution >= 4 is 47.3 Å². The van der Waals surface area contributed by atoms with Gasteiger partial charge in [0.25, 0.3) is 0 Å². The number of carboxylic acids is 4. The van der Waals surface area contributed by atoms with Crippen LogP contribution in [-0.4, -0.2) is 79.8 Å². The summed E-state index contributed by atoms with van der Waals surface area (Å²) < 4.78 is 0. The van der Waals surface area contributed by atoms with Gasteiger partial charge < -0.3 is 31.1 Å². The standard InChI is InChI=1S/C39H66N2O12/c1-28(2)33(43)25-21-29(37(48)49)27-30(42)22-23-31(38(50)51)41-35(45)26-24-32(39(52)53)40-34(44)19-17-15-13-11-9-7-5-3-4-6-8-10-12-14-16-18-20-36(46)47/h28-29,31-32H,3-27H2,1-2H3,(H,40,44)(H,41,45)(H,46,47)(H,48,49)(H,50,51)(H,52,53)/t29-,31+,32+/m1/s1. The molecule has 0 rings (SSSR count). The monoisotopic (exact) mass is 754 g/mol. The molecule has 0 aromatic rings. The van der Waals surface area contributed by atoms with E-state index in [2.05, 4.69) is 10.6 Å². The molecule has 3 atom stereocenters. The molecule has 0 radical (unpaired) electrons. The van der Waals surface area contributed by atoms with Crippen molar-refractivity contribution in [3.8, 4) is 0 Å². The van der Waals surface area contributed by atoms with Gasteiger partial charge in [0.2, 0.25) is 11.8 Å². The minimum atomic E-state index is -1.45. The van der Waals surface area contributed by atoms with Crippen molar-refractivity contribution in [2.75, 3.05) is 0 Å². The highest BCUT2D eigenvalue weighted by molar-refractivity contribution is 5.88. The Morgan fingerprint density at radius 1 is 0.434 bits per heavy atom. The lowest BCUT2D eigenvalue weighted by Gasteiger charge is -2.17. The van der Waals surface area contributed by atoms with Crippen molar-refractivity contribution in [1.29, 1.82) is 0 Å². The van der Waals surface area contributed by atoms with Crippen molar-refractivity contribution in [3.63, 3.8) is 0 Å². The SMILES string of the molecule is CC(C)C(=O)CC[C@H](CC(=O)CC[C@H](NC(=O)CC[C@H](NC(=O)CCCCCCCCCCCCCCCCCCC(=O)O)C(=O)O)C(=O)O)C(=O)O. The molecular formula is C39H66N2O12. The summed E-state index contributed by atoms with van der Waals surface area (Å²) in [4.78, 5) is 94.5. The van der Waals surface area contributed by atoms with E-state index in [0.717, 1.165) is 44.9 Å². The summed E-state index contributed by atoms with van der Waals surface area (Å²) >= 11 is 0. The van der Waals surface area contributed by atoms with E-state index >= 15 is 0 Å². The van der Waals surface area contributed by atoms with Crippen LogP contribution in [0.15, 0.2) is 0 Å². The lowest BCUT2D eigenvalue weighted by Crippen LogP contribution is -2.44. The summed E-state index contributed by atoms with van der Waals surface area (Å²) in [7, 11) is 0. The maximum Gasteiger partial charge on any atom is 0.326 e. The van der Waals surface area contributed by atoms with Gasteiger partial charge in [-0.1, -0.05) is 104 Å².